The zero-order valence-corrected chi connectivity index (χ0v) is 10.7. The van der Waals surface area contributed by atoms with Gasteiger partial charge < -0.3 is 9.84 Å². The van der Waals surface area contributed by atoms with Crippen molar-refractivity contribution in [3.63, 3.8) is 0 Å². The molecule has 1 atom stereocenters. The van der Waals surface area contributed by atoms with Gasteiger partial charge in [-0.25, -0.2) is 4.39 Å². The molecule has 2 rings (SSSR count). The van der Waals surface area contributed by atoms with Crippen molar-refractivity contribution in [2.45, 2.75) is 18.9 Å². The van der Waals surface area contributed by atoms with Crippen LogP contribution in [0.15, 0.2) is 24.3 Å². The first-order valence-corrected chi connectivity index (χ1v) is 6.43. The first kappa shape index (κ1) is 14.0. The van der Waals surface area contributed by atoms with Gasteiger partial charge >= 0.3 is 5.97 Å². The number of carboxylic acid groups (broad SMARTS) is 1. The van der Waals surface area contributed by atoms with Crippen LogP contribution in [0.25, 0.3) is 0 Å². The summed E-state index contributed by atoms with van der Waals surface area (Å²) in [5, 5.41) is 8.84. The van der Waals surface area contributed by atoms with Crippen molar-refractivity contribution in [3.8, 4) is 0 Å². The summed E-state index contributed by atoms with van der Waals surface area (Å²) in [4.78, 5) is 12.7. The van der Waals surface area contributed by atoms with Crippen LogP contribution in [0.1, 0.15) is 12.0 Å². The van der Waals surface area contributed by atoms with Gasteiger partial charge in [0.15, 0.2) is 0 Å². The van der Waals surface area contributed by atoms with Gasteiger partial charge in [0.2, 0.25) is 0 Å². The lowest BCUT2D eigenvalue weighted by molar-refractivity contribution is -0.138. The second-order valence-corrected chi connectivity index (χ2v) is 4.81. The van der Waals surface area contributed by atoms with Crippen molar-refractivity contribution >= 4 is 5.97 Å². The van der Waals surface area contributed by atoms with Crippen molar-refractivity contribution in [1.82, 2.24) is 4.90 Å². The number of rotatable bonds is 4. The Hall–Kier alpha value is -1.46. The molecule has 4 nitrogen and oxygen atoms in total. The third-order valence-electron chi connectivity index (χ3n) is 3.17. The van der Waals surface area contributed by atoms with E-state index in [-0.39, 0.29) is 18.5 Å². The molecule has 0 aliphatic carbocycles. The highest BCUT2D eigenvalue weighted by molar-refractivity contribution is 5.69. The van der Waals surface area contributed by atoms with Crippen LogP contribution in [0.2, 0.25) is 0 Å². The molecule has 0 bridgehead atoms. The summed E-state index contributed by atoms with van der Waals surface area (Å²) in [5.74, 6) is -1.07. The normalized spacial score (nSPS) is 21.0. The second-order valence-electron chi connectivity index (χ2n) is 4.81. The van der Waals surface area contributed by atoms with Crippen LogP contribution >= 0.6 is 0 Å². The Morgan fingerprint density at radius 1 is 1.42 bits per heavy atom. The van der Waals surface area contributed by atoms with Crippen LogP contribution in [-0.4, -0.2) is 48.3 Å². The molecule has 1 N–H and O–H groups in total. The quantitative estimate of drug-likeness (QED) is 0.899. The van der Waals surface area contributed by atoms with E-state index in [1.54, 1.807) is 12.1 Å². The molecule has 1 fully saturated rings. The number of nitrogens with zero attached hydrogens (tertiary/aromatic N) is 1. The topological polar surface area (TPSA) is 49.8 Å². The van der Waals surface area contributed by atoms with Gasteiger partial charge in [0.1, 0.15) is 5.82 Å². The summed E-state index contributed by atoms with van der Waals surface area (Å²) < 4.78 is 18.6. The molecular formula is C14H18FNO3. The van der Waals surface area contributed by atoms with E-state index >= 15 is 0 Å². The first-order valence-electron chi connectivity index (χ1n) is 6.43. The molecule has 1 aromatic carbocycles. The lowest BCUT2D eigenvalue weighted by Gasteiger charge is -2.22. The van der Waals surface area contributed by atoms with E-state index in [1.807, 2.05) is 4.90 Å². The average Bonchev–Trinajstić information content (AvgIpc) is 2.57. The Labute approximate surface area is 111 Å². The summed E-state index contributed by atoms with van der Waals surface area (Å²) in [5.41, 5.74) is 1.00. The Kier molecular flexibility index (Phi) is 4.87. The van der Waals surface area contributed by atoms with E-state index in [1.165, 1.54) is 12.1 Å². The number of aliphatic carboxylic acids is 1. The van der Waals surface area contributed by atoms with E-state index in [9.17, 15) is 9.18 Å². The number of carboxylic acids is 1. The molecule has 5 heteroatoms. The summed E-state index contributed by atoms with van der Waals surface area (Å²) in [6.07, 6.45) is 1.48. The Morgan fingerprint density at radius 3 is 2.84 bits per heavy atom. The highest BCUT2D eigenvalue weighted by Gasteiger charge is 2.20. The van der Waals surface area contributed by atoms with E-state index in [0.717, 1.165) is 18.5 Å². The van der Waals surface area contributed by atoms with Crippen LogP contribution in [0.3, 0.4) is 0 Å². The van der Waals surface area contributed by atoms with Gasteiger partial charge in [-0.2, -0.15) is 0 Å². The van der Waals surface area contributed by atoms with Crippen LogP contribution in [0.5, 0.6) is 0 Å². The van der Waals surface area contributed by atoms with Crippen molar-refractivity contribution in [2.75, 3.05) is 26.2 Å². The zero-order valence-electron chi connectivity index (χ0n) is 10.7. The standard InChI is InChI=1S/C14H18FNO3/c15-12-4-2-11(3-5-12)8-13-9-16(10-14(17)18)6-1-7-19-13/h2-5,13H,1,6-10H2,(H,17,18). The maximum atomic E-state index is 12.8. The molecule has 0 radical (unpaired) electrons. The molecule has 0 amide bonds. The molecule has 104 valence electrons. The third kappa shape index (κ3) is 4.61. The summed E-state index contributed by atoms with van der Waals surface area (Å²) in [6, 6.07) is 6.35. The molecular weight excluding hydrogens is 249 g/mol. The van der Waals surface area contributed by atoms with E-state index < -0.39 is 5.97 Å². The zero-order chi connectivity index (χ0) is 13.7. The van der Waals surface area contributed by atoms with Crippen LogP contribution in [-0.2, 0) is 16.0 Å². The monoisotopic (exact) mass is 267 g/mol. The van der Waals surface area contributed by atoms with E-state index in [0.29, 0.717) is 19.6 Å². The van der Waals surface area contributed by atoms with Crippen molar-refractivity contribution in [3.05, 3.63) is 35.6 Å². The molecule has 0 saturated carbocycles. The van der Waals surface area contributed by atoms with Crippen LogP contribution in [0.4, 0.5) is 4.39 Å². The van der Waals surface area contributed by atoms with Gasteiger partial charge in [0, 0.05) is 19.7 Å². The Bertz CT molecular complexity index is 421. The van der Waals surface area contributed by atoms with Crippen LogP contribution in [0, 0.1) is 5.82 Å². The predicted octanol–water partition coefficient (Wildman–Crippen LogP) is 1.54. The number of hydrogen-bond donors (Lipinski definition) is 1. The highest BCUT2D eigenvalue weighted by atomic mass is 19.1. The van der Waals surface area contributed by atoms with Gasteiger partial charge in [-0.05, 0) is 30.5 Å². The summed E-state index contributed by atoms with van der Waals surface area (Å²) in [7, 11) is 0. The van der Waals surface area contributed by atoms with Gasteiger partial charge in [-0.1, -0.05) is 12.1 Å². The maximum Gasteiger partial charge on any atom is 0.317 e. The fourth-order valence-corrected chi connectivity index (χ4v) is 2.31. The molecule has 0 aromatic heterocycles. The smallest absolute Gasteiger partial charge is 0.317 e. The molecule has 1 aliphatic heterocycles. The molecule has 1 unspecified atom stereocenters. The van der Waals surface area contributed by atoms with E-state index in [4.69, 9.17) is 9.84 Å². The van der Waals surface area contributed by atoms with Crippen LogP contribution < -0.4 is 0 Å². The summed E-state index contributed by atoms with van der Waals surface area (Å²) in [6.45, 7) is 2.03. The first-order chi connectivity index (χ1) is 9.13. The van der Waals surface area contributed by atoms with Gasteiger partial charge in [-0.3, -0.25) is 9.69 Å². The van der Waals surface area contributed by atoms with Crippen molar-refractivity contribution < 1.29 is 19.0 Å². The lowest BCUT2D eigenvalue weighted by Crippen LogP contribution is -2.36. The number of carbonyl (C=O) groups is 1. The molecule has 0 spiro atoms. The largest absolute Gasteiger partial charge is 0.480 e. The van der Waals surface area contributed by atoms with Crippen molar-refractivity contribution in [2.24, 2.45) is 0 Å². The Morgan fingerprint density at radius 2 is 2.16 bits per heavy atom. The van der Waals surface area contributed by atoms with Gasteiger partial charge in [-0.15, -0.1) is 0 Å². The molecule has 1 heterocycles. The SMILES string of the molecule is O=C(O)CN1CCCOC(Cc2ccc(F)cc2)C1. The molecule has 19 heavy (non-hydrogen) atoms. The highest BCUT2D eigenvalue weighted by Crippen LogP contribution is 2.12. The van der Waals surface area contributed by atoms with Gasteiger partial charge in [0.05, 0.1) is 12.6 Å². The molecule has 1 saturated heterocycles. The van der Waals surface area contributed by atoms with Gasteiger partial charge in [0.25, 0.3) is 0 Å². The Balaban J connectivity index is 1.94. The third-order valence-corrected chi connectivity index (χ3v) is 3.17. The van der Waals surface area contributed by atoms with E-state index in [2.05, 4.69) is 0 Å². The molecule has 1 aliphatic rings. The average molecular weight is 267 g/mol. The minimum absolute atomic E-state index is 0.0349. The number of halogens is 1. The number of ether oxygens (including phenoxy) is 1. The fraction of sp³-hybridized carbons (Fsp3) is 0.500. The number of hydrogen-bond acceptors (Lipinski definition) is 3. The second kappa shape index (κ2) is 6.63. The number of benzene rings is 1. The fourth-order valence-electron chi connectivity index (χ4n) is 2.31. The molecule has 1 aromatic rings. The summed E-state index contributed by atoms with van der Waals surface area (Å²) >= 11 is 0. The minimum Gasteiger partial charge on any atom is -0.480 e. The predicted molar refractivity (Wildman–Crippen MR) is 68.5 cm³/mol. The minimum atomic E-state index is -0.817. The van der Waals surface area contributed by atoms with Crippen molar-refractivity contribution in [1.29, 1.82) is 0 Å². The lowest BCUT2D eigenvalue weighted by atomic mass is 10.1. The maximum absolute atomic E-state index is 12.8.